The summed E-state index contributed by atoms with van der Waals surface area (Å²) in [5, 5.41) is 10.2. The molecule has 0 bridgehead atoms. The second-order valence-electron chi connectivity index (χ2n) is 5.09. The van der Waals surface area contributed by atoms with E-state index < -0.39 is 5.97 Å². The van der Waals surface area contributed by atoms with Crippen molar-refractivity contribution < 1.29 is 14.6 Å². The number of carbonyl (C=O) groups excluding carboxylic acids is 1. The quantitative estimate of drug-likeness (QED) is 0.273. The highest BCUT2D eigenvalue weighted by molar-refractivity contribution is 5.63. The number of allylic oxidation sites excluding steroid dienone is 4. The zero-order valence-corrected chi connectivity index (χ0v) is 13.3. The molecule has 21 heavy (non-hydrogen) atoms. The number of rotatable bonds is 14. The van der Waals surface area contributed by atoms with E-state index in [-0.39, 0.29) is 6.42 Å². The molecule has 0 rings (SSSR count). The summed E-state index contributed by atoms with van der Waals surface area (Å²) in [5.41, 5.74) is 0. The lowest BCUT2D eigenvalue weighted by Crippen LogP contribution is -2.21. The van der Waals surface area contributed by atoms with Crippen LogP contribution in [0, 0.1) is 0 Å². The van der Waals surface area contributed by atoms with Gasteiger partial charge in [-0.05, 0) is 50.7 Å². The van der Waals surface area contributed by atoms with Crippen LogP contribution in [-0.4, -0.2) is 5.97 Å². The van der Waals surface area contributed by atoms with Crippen molar-refractivity contribution in [2.45, 2.75) is 71.1 Å². The first-order chi connectivity index (χ1) is 10.3. The highest BCUT2D eigenvalue weighted by atomic mass is 16.5. The van der Waals surface area contributed by atoms with Crippen LogP contribution < -0.4 is 5.11 Å². The maximum Gasteiger partial charge on any atom is 0.0901 e. The SMILES string of the molecule is CCCC/C=C/O/C=C\C=C/CCCCCCCC(=O)[O-]. The van der Waals surface area contributed by atoms with E-state index in [1.807, 2.05) is 18.2 Å². The van der Waals surface area contributed by atoms with Crippen molar-refractivity contribution in [1.82, 2.24) is 0 Å². The predicted molar refractivity (Wildman–Crippen MR) is 85.4 cm³/mol. The minimum Gasteiger partial charge on any atom is -0.550 e. The first-order valence-electron chi connectivity index (χ1n) is 8.09. The number of aliphatic carboxylic acids is 1. The number of hydrogen-bond acceptors (Lipinski definition) is 3. The second-order valence-corrected chi connectivity index (χ2v) is 5.09. The standard InChI is InChI=1S/C18H30O3/c1-2-3-4-13-16-21-17-14-11-9-7-5-6-8-10-12-15-18(19)20/h9,11,13-14,16-17H,2-8,10,12,15H2,1H3,(H,19,20)/p-1/b11-9-,16-13+,17-14-. The van der Waals surface area contributed by atoms with E-state index in [2.05, 4.69) is 13.0 Å². The van der Waals surface area contributed by atoms with Crippen LogP contribution >= 0.6 is 0 Å². The maximum atomic E-state index is 10.2. The van der Waals surface area contributed by atoms with Crippen molar-refractivity contribution >= 4 is 5.97 Å². The topological polar surface area (TPSA) is 49.4 Å². The van der Waals surface area contributed by atoms with Crippen LogP contribution in [0.3, 0.4) is 0 Å². The van der Waals surface area contributed by atoms with E-state index in [9.17, 15) is 9.90 Å². The summed E-state index contributed by atoms with van der Waals surface area (Å²) in [5.74, 6) is -0.938. The zero-order valence-electron chi connectivity index (χ0n) is 13.3. The molecule has 0 aromatic heterocycles. The van der Waals surface area contributed by atoms with Crippen LogP contribution in [0.25, 0.3) is 0 Å². The number of carbonyl (C=O) groups is 1. The number of carboxylic acid groups (broad SMARTS) is 1. The average molecular weight is 293 g/mol. The normalized spacial score (nSPS) is 11.9. The Balaban J connectivity index is 3.28. The van der Waals surface area contributed by atoms with Crippen LogP contribution in [0.15, 0.2) is 36.8 Å². The van der Waals surface area contributed by atoms with Crippen LogP contribution in [0.4, 0.5) is 0 Å². The van der Waals surface area contributed by atoms with E-state index in [4.69, 9.17) is 4.74 Å². The van der Waals surface area contributed by atoms with E-state index in [0.29, 0.717) is 0 Å². The fourth-order valence-corrected chi connectivity index (χ4v) is 1.82. The van der Waals surface area contributed by atoms with Crippen molar-refractivity contribution in [2.24, 2.45) is 0 Å². The van der Waals surface area contributed by atoms with Gasteiger partial charge in [0.05, 0.1) is 12.5 Å². The number of ether oxygens (including phenoxy) is 1. The van der Waals surface area contributed by atoms with Gasteiger partial charge in [-0.2, -0.15) is 0 Å². The lowest BCUT2D eigenvalue weighted by molar-refractivity contribution is -0.305. The minimum atomic E-state index is -0.938. The van der Waals surface area contributed by atoms with Gasteiger partial charge in [-0.25, -0.2) is 0 Å². The molecule has 0 aromatic carbocycles. The molecule has 0 aliphatic heterocycles. The van der Waals surface area contributed by atoms with E-state index in [1.54, 1.807) is 12.5 Å². The molecule has 3 heteroatoms. The molecule has 0 aromatic rings. The Morgan fingerprint density at radius 2 is 1.62 bits per heavy atom. The van der Waals surface area contributed by atoms with E-state index in [0.717, 1.165) is 44.9 Å². The van der Waals surface area contributed by atoms with Gasteiger partial charge >= 0.3 is 0 Å². The lowest BCUT2D eigenvalue weighted by atomic mass is 10.1. The van der Waals surface area contributed by atoms with Gasteiger partial charge in [0.2, 0.25) is 0 Å². The molecule has 0 fully saturated rings. The summed E-state index contributed by atoms with van der Waals surface area (Å²) < 4.78 is 5.21. The molecular weight excluding hydrogens is 264 g/mol. The van der Waals surface area contributed by atoms with Crippen LogP contribution in [-0.2, 0) is 9.53 Å². The molecule has 0 amide bonds. The van der Waals surface area contributed by atoms with E-state index >= 15 is 0 Å². The zero-order chi connectivity index (χ0) is 15.6. The third-order valence-corrected chi connectivity index (χ3v) is 3.06. The monoisotopic (exact) mass is 293 g/mol. The van der Waals surface area contributed by atoms with Crippen molar-refractivity contribution in [2.75, 3.05) is 0 Å². The molecule has 0 saturated heterocycles. The Labute approximate surface area is 129 Å². The van der Waals surface area contributed by atoms with Gasteiger partial charge in [-0.3, -0.25) is 0 Å². The summed E-state index contributed by atoms with van der Waals surface area (Å²) >= 11 is 0. The third-order valence-electron chi connectivity index (χ3n) is 3.06. The molecule has 0 N–H and O–H groups in total. The molecular formula is C18H29O3-. The van der Waals surface area contributed by atoms with Crippen molar-refractivity contribution in [3.05, 3.63) is 36.8 Å². The van der Waals surface area contributed by atoms with Gasteiger partial charge < -0.3 is 14.6 Å². The third kappa shape index (κ3) is 18.5. The first kappa shape index (κ1) is 19.5. The van der Waals surface area contributed by atoms with Gasteiger partial charge in [-0.15, -0.1) is 0 Å². The van der Waals surface area contributed by atoms with Crippen LogP contribution in [0.5, 0.6) is 0 Å². The Bertz CT molecular complexity index is 316. The van der Waals surface area contributed by atoms with Gasteiger partial charge in [-0.1, -0.05) is 44.8 Å². The van der Waals surface area contributed by atoms with Crippen molar-refractivity contribution in [3.63, 3.8) is 0 Å². The highest BCUT2D eigenvalue weighted by Gasteiger charge is 1.90. The number of hydrogen-bond donors (Lipinski definition) is 0. The van der Waals surface area contributed by atoms with Gasteiger partial charge in [0.25, 0.3) is 0 Å². The molecule has 0 spiro atoms. The van der Waals surface area contributed by atoms with Gasteiger partial charge in [0.1, 0.15) is 0 Å². The molecule has 120 valence electrons. The molecule has 0 saturated carbocycles. The fraction of sp³-hybridized carbons (Fsp3) is 0.611. The summed E-state index contributed by atoms with van der Waals surface area (Å²) in [4.78, 5) is 10.2. The highest BCUT2D eigenvalue weighted by Crippen LogP contribution is 2.07. The predicted octanol–water partition coefficient (Wildman–Crippen LogP) is 4.26. The van der Waals surface area contributed by atoms with Gasteiger partial charge in [0, 0.05) is 5.97 Å². The lowest BCUT2D eigenvalue weighted by Gasteiger charge is -2.01. The first-order valence-corrected chi connectivity index (χ1v) is 8.09. The molecule has 3 nitrogen and oxygen atoms in total. The summed E-state index contributed by atoms with van der Waals surface area (Å²) in [6.07, 6.45) is 21.3. The van der Waals surface area contributed by atoms with Crippen LogP contribution in [0.1, 0.15) is 71.1 Å². The molecule has 0 heterocycles. The summed E-state index contributed by atoms with van der Waals surface area (Å²) in [7, 11) is 0. The smallest absolute Gasteiger partial charge is 0.0901 e. The van der Waals surface area contributed by atoms with Gasteiger partial charge in [0.15, 0.2) is 0 Å². The number of unbranched alkanes of at least 4 members (excludes halogenated alkanes) is 7. The van der Waals surface area contributed by atoms with Crippen molar-refractivity contribution in [3.8, 4) is 0 Å². The molecule has 0 unspecified atom stereocenters. The Morgan fingerprint density at radius 3 is 2.38 bits per heavy atom. The Morgan fingerprint density at radius 1 is 0.905 bits per heavy atom. The maximum absolute atomic E-state index is 10.2. The fourth-order valence-electron chi connectivity index (χ4n) is 1.82. The Kier molecular flexibility index (Phi) is 15.4. The summed E-state index contributed by atoms with van der Waals surface area (Å²) in [6.45, 7) is 2.17. The molecule has 0 radical (unpaired) electrons. The van der Waals surface area contributed by atoms with Crippen molar-refractivity contribution in [1.29, 1.82) is 0 Å². The average Bonchev–Trinajstić information content (AvgIpc) is 2.46. The molecule has 0 atom stereocenters. The Hall–Kier alpha value is -1.51. The molecule has 0 aliphatic rings. The minimum absolute atomic E-state index is 0.192. The second kappa shape index (κ2) is 16.5. The van der Waals surface area contributed by atoms with Crippen LogP contribution in [0.2, 0.25) is 0 Å². The summed E-state index contributed by atoms with van der Waals surface area (Å²) in [6, 6.07) is 0. The molecule has 0 aliphatic carbocycles. The number of carboxylic acids is 1. The largest absolute Gasteiger partial charge is 0.550 e. The van der Waals surface area contributed by atoms with E-state index in [1.165, 1.54) is 12.8 Å².